The molecule has 0 aliphatic heterocycles. The zero-order valence-electron chi connectivity index (χ0n) is 27.2. The van der Waals surface area contributed by atoms with Crippen LogP contribution < -0.4 is 0 Å². The number of hydrogen-bond acceptors (Lipinski definition) is 4. The van der Waals surface area contributed by atoms with Crippen LogP contribution in [-0.2, 0) is 0 Å². The zero-order chi connectivity index (χ0) is 29.8. The minimum absolute atomic E-state index is 0.699. The Hall–Kier alpha value is 0.810. The molecule has 0 unspecified atom stereocenters. The Morgan fingerprint density at radius 2 is 0.865 bits per heavy atom. The molecule has 0 saturated heterocycles. The van der Waals surface area contributed by atoms with Crippen LogP contribution in [0, 0.1) is 0 Å². The fraction of sp³-hybridized carbons (Fsp3) is 0.905. The number of likely N-dealkylation sites (N-methyl/N-ethyl adjacent to an activating group) is 1. The van der Waals surface area contributed by atoms with Crippen molar-refractivity contribution in [3.63, 3.8) is 0 Å². The van der Waals surface area contributed by atoms with Gasteiger partial charge in [0.15, 0.2) is 0 Å². The fourth-order valence-corrected chi connectivity index (χ4v) is 24.3. The normalized spacial score (nSPS) is 14.9. The van der Waals surface area contributed by atoms with Gasteiger partial charge in [0.2, 0.25) is 0 Å². The SMILES string of the molecule is C=CCN(C)P(=N[PH](N=P(C)(C)C)(N=P(C)(N(C)C)N(C)C)N=P(C)(N(C)C)N(C)C)(N(C)C)N(C)C. The molecule has 0 aliphatic rings. The first-order chi connectivity index (χ1) is 16.5. The first kappa shape index (κ1) is 37.8. The van der Waals surface area contributed by atoms with E-state index in [0.29, 0.717) is 6.54 Å². The summed E-state index contributed by atoms with van der Waals surface area (Å²) in [6, 6.07) is 0. The van der Waals surface area contributed by atoms with E-state index in [9.17, 15) is 0 Å². The van der Waals surface area contributed by atoms with Crippen molar-refractivity contribution in [1.29, 1.82) is 0 Å². The van der Waals surface area contributed by atoms with Crippen molar-refractivity contribution in [3.8, 4) is 0 Å². The van der Waals surface area contributed by atoms with Crippen LogP contribution in [0.5, 0.6) is 0 Å². The molecule has 37 heavy (non-hydrogen) atoms. The molecule has 0 heterocycles. The summed E-state index contributed by atoms with van der Waals surface area (Å²) in [5, 5.41) is 0. The van der Waals surface area contributed by atoms with Gasteiger partial charge in [0, 0.05) is 0 Å². The van der Waals surface area contributed by atoms with Gasteiger partial charge in [-0.15, -0.1) is 0 Å². The Morgan fingerprint density at radius 1 is 0.541 bits per heavy atom. The van der Waals surface area contributed by atoms with Crippen LogP contribution in [0.3, 0.4) is 0 Å². The van der Waals surface area contributed by atoms with Crippen molar-refractivity contribution in [1.82, 2.24) is 32.7 Å². The molecule has 0 rings (SSSR count). The summed E-state index contributed by atoms with van der Waals surface area (Å²) >= 11 is 0. The van der Waals surface area contributed by atoms with Crippen LogP contribution in [-0.4, -0.2) is 164 Å². The summed E-state index contributed by atoms with van der Waals surface area (Å²) in [6.45, 7) is 16.0. The minimum atomic E-state index is -3.43. The molecular weight excluding hydrogens is 561 g/mol. The molecule has 0 atom stereocenters. The van der Waals surface area contributed by atoms with E-state index in [1.807, 2.05) is 6.08 Å². The van der Waals surface area contributed by atoms with Gasteiger partial charge in [-0.2, -0.15) is 0 Å². The van der Waals surface area contributed by atoms with Gasteiger partial charge in [0.05, 0.1) is 0 Å². The molecule has 224 valence electrons. The van der Waals surface area contributed by atoms with Crippen molar-refractivity contribution < 1.29 is 0 Å². The van der Waals surface area contributed by atoms with E-state index in [0.717, 1.165) is 0 Å². The van der Waals surface area contributed by atoms with Crippen LogP contribution in [0.25, 0.3) is 0 Å². The average Bonchev–Trinajstić information content (AvgIpc) is 2.69. The topological polar surface area (TPSA) is 72.1 Å². The maximum absolute atomic E-state index is 5.90. The van der Waals surface area contributed by atoms with E-state index in [4.69, 9.17) is 18.1 Å². The molecule has 0 N–H and O–H groups in total. The van der Waals surface area contributed by atoms with Gasteiger partial charge in [-0.3, -0.25) is 0 Å². The number of hydrogen-bond donors (Lipinski definition) is 0. The quantitative estimate of drug-likeness (QED) is 0.178. The first-order valence-corrected chi connectivity index (χ1v) is 22.9. The zero-order valence-corrected chi connectivity index (χ0v) is 31.8. The molecule has 0 aromatic rings. The van der Waals surface area contributed by atoms with Crippen LogP contribution in [0.4, 0.5) is 0 Å². The van der Waals surface area contributed by atoms with Crippen molar-refractivity contribution in [2.45, 2.75) is 0 Å². The number of nitrogens with zero attached hydrogens (tertiary/aromatic N) is 11. The third-order valence-electron chi connectivity index (χ3n) is 6.31. The van der Waals surface area contributed by atoms with Gasteiger partial charge >= 0.3 is 232 Å². The molecule has 0 amide bonds. The third-order valence-corrected chi connectivity index (χ3v) is 26.4. The van der Waals surface area contributed by atoms with Crippen LogP contribution >= 0.6 is 37.1 Å². The van der Waals surface area contributed by atoms with E-state index in [1.54, 1.807) is 0 Å². The molecule has 0 aliphatic carbocycles. The van der Waals surface area contributed by atoms with Gasteiger partial charge in [0.25, 0.3) is 0 Å². The number of rotatable bonds is 13. The van der Waals surface area contributed by atoms with Gasteiger partial charge in [-0.25, -0.2) is 0 Å². The molecule has 0 spiro atoms. The van der Waals surface area contributed by atoms with E-state index < -0.39 is 37.1 Å². The summed E-state index contributed by atoms with van der Waals surface area (Å²) in [5.74, 6) is 0. The second-order valence-electron chi connectivity index (χ2n) is 11.4. The molecule has 0 bridgehead atoms. The standard InChI is InChI=1S/C21H60N11P5/c1-20-21-32(14)37(30(10)11,31(12)13)25-36(22-33(15,16)17,23-34(18,26(2)3)27(4)5)24-35(19,28(6)7)29(8)9/h20,36H,1,21H2,2-19H3. The van der Waals surface area contributed by atoms with Crippen molar-refractivity contribution >= 4 is 37.1 Å². The van der Waals surface area contributed by atoms with Gasteiger partial charge in [-0.05, 0) is 0 Å². The average molecular weight is 622 g/mol. The molecule has 0 aromatic heterocycles. The molecular formula is C21H60N11P5. The second kappa shape index (κ2) is 14.1. The van der Waals surface area contributed by atoms with Crippen molar-refractivity contribution in [2.24, 2.45) is 18.1 Å². The molecule has 11 nitrogen and oxygen atoms in total. The van der Waals surface area contributed by atoms with Crippen molar-refractivity contribution in [3.05, 3.63) is 12.7 Å². The van der Waals surface area contributed by atoms with E-state index in [2.05, 4.69) is 164 Å². The van der Waals surface area contributed by atoms with Gasteiger partial charge in [-0.1, -0.05) is 0 Å². The molecule has 16 heteroatoms. The Morgan fingerprint density at radius 3 is 1.08 bits per heavy atom. The van der Waals surface area contributed by atoms with E-state index >= 15 is 0 Å². The first-order valence-electron chi connectivity index (χ1n) is 12.3. The van der Waals surface area contributed by atoms with Crippen LogP contribution in [0.2, 0.25) is 0 Å². The summed E-state index contributed by atoms with van der Waals surface area (Å²) in [7, 11) is 15.6. The molecule has 0 aromatic carbocycles. The molecule has 0 radical (unpaired) electrons. The van der Waals surface area contributed by atoms with E-state index in [1.165, 1.54) is 0 Å². The Labute approximate surface area is 231 Å². The summed E-state index contributed by atoms with van der Waals surface area (Å²) in [5.41, 5.74) is 0. The third kappa shape index (κ3) is 9.15. The Kier molecular flexibility index (Phi) is 14.4. The predicted molar refractivity (Wildman–Crippen MR) is 180 cm³/mol. The molecule has 0 saturated carbocycles. The van der Waals surface area contributed by atoms with Gasteiger partial charge < -0.3 is 0 Å². The van der Waals surface area contributed by atoms with Crippen molar-refractivity contribution in [2.75, 3.05) is 131 Å². The van der Waals surface area contributed by atoms with Gasteiger partial charge in [0.1, 0.15) is 0 Å². The monoisotopic (exact) mass is 621 g/mol. The fourth-order valence-electron chi connectivity index (χ4n) is 3.80. The molecule has 0 fully saturated rings. The summed E-state index contributed by atoms with van der Waals surface area (Å²) < 4.78 is 38.9. The Bertz CT molecular complexity index is 911. The van der Waals surface area contributed by atoms with E-state index in [-0.39, 0.29) is 0 Å². The second-order valence-corrected chi connectivity index (χ2v) is 29.7. The van der Waals surface area contributed by atoms with Crippen LogP contribution in [0.1, 0.15) is 0 Å². The van der Waals surface area contributed by atoms with Crippen LogP contribution in [0.15, 0.2) is 30.7 Å². The maximum atomic E-state index is 5.90. The Balaban J connectivity index is 8.88. The predicted octanol–water partition coefficient (Wildman–Crippen LogP) is 6.24. The summed E-state index contributed by atoms with van der Waals surface area (Å²) in [6.07, 6.45) is 1.94. The summed E-state index contributed by atoms with van der Waals surface area (Å²) in [4.78, 5) is 0.